The normalized spacial score (nSPS) is 12.5. The maximum absolute atomic E-state index is 12.3. The lowest BCUT2D eigenvalue weighted by Gasteiger charge is -2.08. The lowest BCUT2D eigenvalue weighted by atomic mass is 10.0. The summed E-state index contributed by atoms with van der Waals surface area (Å²) in [6.45, 7) is 3.06. The molecule has 0 N–H and O–H groups in total. The highest BCUT2D eigenvalue weighted by Gasteiger charge is 2.18. The van der Waals surface area contributed by atoms with Crippen molar-refractivity contribution in [3.05, 3.63) is 53.0 Å². The van der Waals surface area contributed by atoms with E-state index in [9.17, 15) is 4.79 Å². The van der Waals surface area contributed by atoms with E-state index >= 15 is 0 Å². The summed E-state index contributed by atoms with van der Waals surface area (Å²) in [6, 6.07) is 5.75. The molecule has 1 aliphatic heterocycles. The molecular weight excluding hydrogens is 318 g/mol. The highest BCUT2D eigenvalue weighted by atomic mass is 16.5. The molecule has 0 amide bonds. The number of methoxy groups -OCH3 is 1. The third-order valence-corrected chi connectivity index (χ3v) is 4.05. The number of carbonyl (C=O) groups excluding carboxylic acids is 1. The van der Waals surface area contributed by atoms with Crippen LogP contribution in [0.25, 0.3) is 0 Å². The molecule has 0 radical (unpaired) electrons. The van der Waals surface area contributed by atoms with Crippen LogP contribution in [0, 0.1) is 0 Å². The Labute approximate surface area is 146 Å². The van der Waals surface area contributed by atoms with Crippen molar-refractivity contribution in [1.29, 1.82) is 0 Å². The molecular formula is C19H21N3O3. The first-order valence-corrected chi connectivity index (χ1v) is 8.36. The average Bonchev–Trinajstić information content (AvgIpc) is 3.03. The van der Waals surface area contributed by atoms with Crippen LogP contribution < -0.4 is 4.74 Å². The maximum Gasteiger partial charge on any atom is 0.218 e. The van der Waals surface area contributed by atoms with Gasteiger partial charge in [-0.15, -0.1) is 0 Å². The van der Waals surface area contributed by atoms with E-state index in [0.717, 1.165) is 22.4 Å². The highest BCUT2D eigenvalue weighted by Crippen LogP contribution is 2.20. The standard InChI is InChI=1S/C19H21N3O3/c1-3-25-18-13(5-4-8-20-18)6-7-16(23)10-15-9-14-11-22-19(24-2)17(14)12-21-15/h4-5,8-9,12H,3,6-7,10-11H2,1-2H3. The summed E-state index contributed by atoms with van der Waals surface area (Å²) in [5, 5.41) is 0. The van der Waals surface area contributed by atoms with Crippen LogP contribution in [0.5, 0.6) is 5.88 Å². The van der Waals surface area contributed by atoms with Gasteiger partial charge in [-0.3, -0.25) is 9.78 Å². The monoisotopic (exact) mass is 339 g/mol. The molecule has 0 atom stereocenters. The Bertz CT molecular complexity index is 802. The fourth-order valence-corrected chi connectivity index (χ4v) is 2.83. The molecule has 130 valence electrons. The summed E-state index contributed by atoms with van der Waals surface area (Å²) in [7, 11) is 1.60. The molecule has 0 bridgehead atoms. The molecule has 0 saturated heterocycles. The average molecular weight is 339 g/mol. The second kappa shape index (κ2) is 7.88. The van der Waals surface area contributed by atoms with Gasteiger partial charge >= 0.3 is 0 Å². The van der Waals surface area contributed by atoms with Gasteiger partial charge in [-0.05, 0) is 31.0 Å². The summed E-state index contributed by atoms with van der Waals surface area (Å²) in [5.41, 5.74) is 3.70. The fourth-order valence-electron chi connectivity index (χ4n) is 2.83. The number of pyridine rings is 2. The molecule has 0 spiro atoms. The first-order valence-electron chi connectivity index (χ1n) is 8.36. The first-order chi connectivity index (χ1) is 12.2. The predicted molar refractivity (Wildman–Crippen MR) is 93.9 cm³/mol. The minimum absolute atomic E-state index is 0.143. The van der Waals surface area contributed by atoms with Gasteiger partial charge in [-0.2, -0.15) is 0 Å². The zero-order valence-electron chi connectivity index (χ0n) is 14.5. The van der Waals surface area contributed by atoms with Crippen molar-refractivity contribution in [2.24, 2.45) is 4.99 Å². The summed E-state index contributed by atoms with van der Waals surface area (Å²) < 4.78 is 10.7. The van der Waals surface area contributed by atoms with Crippen molar-refractivity contribution in [1.82, 2.24) is 9.97 Å². The Hall–Kier alpha value is -2.76. The van der Waals surface area contributed by atoms with Crippen LogP contribution in [0.2, 0.25) is 0 Å². The Morgan fingerprint density at radius 1 is 1.32 bits per heavy atom. The van der Waals surface area contributed by atoms with E-state index in [4.69, 9.17) is 9.47 Å². The summed E-state index contributed by atoms with van der Waals surface area (Å²) in [5.74, 6) is 1.36. The van der Waals surface area contributed by atoms with Gasteiger partial charge in [-0.1, -0.05) is 6.07 Å². The second-order valence-electron chi connectivity index (χ2n) is 5.77. The van der Waals surface area contributed by atoms with E-state index in [0.29, 0.717) is 44.2 Å². The summed E-state index contributed by atoms with van der Waals surface area (Å²) in [6.07, 6.45) is 4.80. The number of ether oxygens (including phenoxy) is 2. The van der Waals surface area contributed by atoms with Gasteiger partial charge in [0, 0.05) is 36.5 Å². The molecule has 2 aromatic heterocycles. The quantitative estimate of drug-likeness (QED) is 0.775. The molecule has 0 saturated carbocycles. The van der Waals surface area contributed by atoms with Crippen molar-refractivity contribution in [2.75, 3.05) is 13.7 Å². The van der Waals surface area contributed by atoms with Crippen LogP contribution in [0.4, 0.5) is 0 Å². The van der Waals surface area contributed by atoms with Crippen molar-refractivity contribution < 1.29 is 14.3 Å². The van der Waals surface area contributed by atoms with E-state index < -0.39 is 0 Å². The van der Waals surface area contributed by atoms with E-state index in [1.54, 1.807) is 19.5 Å². The van der Waals surface area contributed by atoms with Crippen LogP contribution in [0.15, 0.2) is 35.6 Å². The van der Waals surface area contributed by atoms with Crippen LogP contribution in [-0.4, -0.2) is 35.4 Å². The highest BCUT2D eigenvalue weighted by molar-refractivity contribution is 5.97. The van der Waals surface area contributed by atoms with Crippen molar-refractivity contribution in [3.8, 4) is 5.88 Å². The molecule has 2 aromatic rings. The molecule has 1 aliphatic rings. The number of hydrogen-bond acceptors (Lipinski definition) is 6. The SMILES string of the molecule is CCOc1ncccc1CCC(=O)Cc1cc2c(cn1)C(OC)=NC2. The number of hydrogen-bond donors (Lipinski definition) is 0. The molecule has 0 unspecified atom stereocenters. The van der Waals surface area contributed by atoms with Crippen LogP contribution in [0.1, 0.15) is 35.7 Å². The molecule has 3 heterocycles. The van der Waals surface area contributed by atoms with Gasteiger partial charge < -0.3 is 9.47 Å². The van der Waals surface area contributed by atoms with Gasteiger partial charge in [0.15, 0.2) is 0 Å². The molecule has 25 heavy (non-hydrogen) atoms. The zero-order chi connectivity index (χ0) is 17.6. The van der Waals surface area contributed by atoms with E-state index in [1.807, 2.05) is 25.1 Å². The second-order valence-corrected chi connectivity index (χ2v) is 5.77. The fraction of sp³-hybridized carbons (Fsp3) is 0.368. The van der Waals surface area contributed by atoms with Gasteiger partial charge in [0.1, 0.15) is 5.78 Å². The van der Waals surface area contributed by atoms with Crippen molar-refractivity contribution in [2.45, 2.75) is 32.7 Å². The van der Waals surface area contributed by atoms with Crippen LogP contribution >= 0.6 is 0 Å². The Balaban J connectivity index is 1.59. The molecule has 6 nitrogen and oxygen atoms in total. The number of nitrogens with zero attached hydrogens (tertiary/aromatic N) is 3. The number of ketones is 1. The van der Waals surface area contributed by atoms with Gasteiger partial charge in [0.05, 0.1) is 25.8 Å². The topological polar surface area (TPSA) is 73.7 Å². The Kier molecular flexibility index (Phi) is 5.38. The smallest absolute Gasteiger partial charge is 0.218 e. The Morgan fingerprint density at radius 2 is 2.20 bits per heavy atom. The van der Waals surface area contributed by atoms with Gasteiger partial charge in [-0.25, -0.2) is 9.98 Å². The number of aryl methyl sites for hydroxylation is 1. The van der Waals surface area contributed by atoms with Gasteiger partial charge in [0.2, 0.25) is 11.8 Å². The van der Waals surface area contributed by atoms with Gasteiger partial charge in [0.25, 0.3) is 0 Å². The number of fused-ring (bicyclic) bond motifs is 1. The van der Waals surface area contributed by atoms with E-state index in [1.165, 1.54) is 0 Å². The minimum Gasteiger partial charge on any atom is -0.481 e. The molecule has 0 fully saturated rings. The maximum atomic E-state index is 12.3. The minimum atomic E-state index is 0.143. The van der Waals surface area contributed by atoms with E-state index in [2.05, 4.69) is 15.0 Å². The number of carbonyl (C=O) groups is 1. The lowest BCUT2D eigenvalue weighted by Crippen LogP contribution is -2.09. The van der Waals surface area contributed by atoms with E-state index in [-0.39, 0.29) is 5.78 Å². The number of aliphatic imine (C=N–C) groups is 1. The molecule has 3 rings (SSSR count). The summed E-state index contributed by atoms with van der Waals surface area (Å²) in [4.78, 5) is 25.2. The molecule has 0 aromatic carbocycles. The number of aromatic nitrogens is 2. The van der Waals surface area contributed by atoms with Crippen molar-refractivity contribution in [3.63, 3.8) is 0 Å². The third-order valence-electron chi connectivity index (χ3n) is 4.05. The summed E-state index contributed by atoms with van der Waals surface area (Å²) >= 11 is 0. The van der Waals surface area contributed by atoms with Crippen molar-refractivity contribution >= 4 is 11.7 Å². The zero-order valence-corrected chi connectivity index (χ0v) is 14.5. The van der Waals surface area contributed by atoms with Crippen LogP contribution in [-0.2, 0) is 28.9 Å². The number of Topliss-reactive ketones (excluding diaryl/α,β-unsaturated/α-hetero) is 1. The Morgan fingerprint density at radius 3 is 3.00 bits per heavy atom. The lowest BCUT2D eigenvalue weighted by molar-refractivity contribution is -0.118. The first kappa shape index (κ1) is 17.1. The number of rotatable bonds is 7. The third kappa shape index (κ3) is 4.02. The molecule has 6 heteroatoms. The van der Waals surface area contributed by atoms with Crippen LogP contribution in [0.3, 0.4) is 0 Å². The largest absolute Gasteiger partial charge is 0.481 e. The molecule has 0 aliphatic carbocycles. The predicted octanol–water partition coefficient (Wildman–Crippen LogP) is 2.53.